The molecule has 0 bridgehead atoms. The molecule has 0 saturated heterocycles. The lowest BCUT2D eigenvalue weighted by atomic mass is 10.2. The molecule has 94 valence electrons. The summed E-state index contributed by atoms with van der Waals surface area (Å²) in [5, 5.41) is 0. The van der Waals surface area contributed by atoms with Crippen molar-refractivity contribution < 1.29 is 4.74 Å². The number of pyridine rings is 1. The number of hydrogen-bond acceptors (Lipinski definition) is 3. The molecular formula is C13H12Br2N2O. The van der Waals surface area contributed by atoms with Gasteiger partial charge < -0.3 is 10.5 Å². The molecule has 0 radical (unpaired) electrons. The Morgan fingerprint density at radius 1 is 1.22 bits per heavy atom. The summed E-state index contributed by atoms with van der Waals surface area (Å²) in [5.41, 5.74) is 8.38. The van der Waals surface area contributed by atoms with Crippen molar-refractivity contribution in [3.05, 3.63) is 44.5 Å². The van der Waals surface area contributed by atoms with Gasteiger partial charge in [0.1, 0.15) is 5.75 Å². The van der Waals surface area contributed by atoms with Crippen LogP contribution in [0.3, 0.4) is 0 Å². The van der Waals surface area contributed by atoms with Crippen molar-refractivity contribution in [3.63, 3.8) is 0 Å². The Balaban J connectivity index is 2.37. The van der Waals surface area contributed by atoms with Crippen LogP contribution in [0.15, 0.2) is 33.3 Å². The average Bonchev–Trinajstić information content (AvgIpc) is 2.33. The predicted octanol–water partition coefficient (Wildman–Crippen LogP) is 4.60. The molecule has 1 aromatic heterocycles. The lowest BCUT2D eigenvalue weighted by molar-refractivity contribution is 0.456. The molecule has 3 nitrogen and oxygen atoms in total. The van der Waals surface area contributed by atoms with Gasteiger partial charge in [0, 0.05) is 4.47 Å². The first kappa shape index (κ1) is 13.4. The Morgan fingerprint density at radius 2 is 1.94 bits per heavy atom. The number of halogens is 2. The van der Waals surface area contributed by atoms with Crippen molar-refractivity contribution in [2.75, 3.05) is 5.73 Å². The van der Waals surface area contributed by atoms with Gasteiger partial charge in [0.2, 0.25) is 5.88 Å². The highest BCUT2D eigenvalue weighted by atomic mass is 79.9. The van der Waals surface area contributed by atoms with Gasteiger partial charge in [-0.15, -0.1) is 0 Å². The van der Waals surface area contributed by atoms with Crippen LogP contribution >= 0.6 is 31.9 Å². The largest absolute Gasteiger partial charge is 0.438 e. The third-order valence-corrected chi connectivity index (χ3v) is 4.04. The number of anilines is 1. The van der Waals surface area contributed by atoms with E-state index in [1.165, 1.54) is 0 Å². The molecule has 0 aliphatic heterocycles. The van der Waals surface area contributed by atoms with E-state index in [9.17, 15) is 0 Å². The molecule has 0 amide bonds. The van der Waals surface area contributed by atoms with Crippen LogP contribution in [0.4, 0.5) is 5.69 Å². The molecule has 2 N–H and O–H groups in total. The van der Waals surface area contributed by atoms with E-state index in [0.717, 1.165) is 25.8 Å². The quantitative estimate of drug-likeness (QED) is 0.839. The zero-order valence-electron chi connectivity index (χ0n) is 10.00. The maximum absolute atomic E-state index is 5.80. The Morgan fingerprint density at radius 3 is 2.61 bits per heavy atom. The molecule has 0 saturated carbocycles. The molecule has 2 aromatic rings. The number of aromatic nitrogens is 1. The monoisotopic (exact) mass is 370 g/mol. The predicted molar refractivity (Wildman–Crippen MR) is 80.0 cm³/mol. The van der Waals surface area contributed by atoms with Crippen LogP contribution in [0.2, 0.25) is 0 Å². The molecule has 0 spiro atoms. The Labute approximate surface area is 123 Å². The lowest BCUT2D eigenvalue weighted by Crippen LogP contribution is -1.97. The second kappa shape index (κ2) is 5.28. The summed E-state index contributed by atoms with van der Waals surface area (Å²) in [6.45, 7) is 3.90. The van der Waals surface area contributed by atoms with Crippen LogP contribution in [0, 0.1) is 13.8 Å². The first-order valence-electron chi connectivity index (χ1n) is 5.33. The van der Waals surface area contributed by atoms with Gasteiger partial charge in [0.25, 0.3) is 0 Å². The summed E-state index contributed by atoms with van der Waals surface area (Å²) in [4.78, 5) is 4.19. The third kappa shape index (κ3) is 2.67. The summed E-state index contributed by atoms with van der Waals surface area (Å²) in [6.07, 6.45) is 1.60. The highest BCUT2D eigenvalue weighted by Crippen LogP contribution is 2.34. The SMILES string of the molecule is Cc1cc(Br)ccc1Oc1ncc(N)c(C)c1Br. The van der Waals surface area contributed by atoms with Crippen molar-refractivity contribution >= 4 is 37.5 Å². The zero-order chi connectivity index (χ0) is 13.3. The highest BCUT2D eigenvalue weighted by molar-refractivity contribution is 9.10. The molecule has 0 aliphatic carbocycles. The summed E-state index contributed by atoms with van der Waals surface area (Å²) in [6, 6.07) is 5.83. The van der Waals surface area contributed by atoms with E-state index in [-0.39, 0.29) is 0 Å². The third-order valence-electron chi connectivity index (χ3n) is 2.61. The Kier molecular flexibility index (Phi) is 3.92. The molecule has 0 fully saturated rings. The standard InChI is InChI=1S/C13H12Br2N2O/c1-7-5-9(14)3-4-11(7)18-13-12(15)8(2)10(16)6-17-13/h3-6H,16H2,1-2H3. The Hall–Kier alpha value is -1.07. The van der Waals surface area contributed by atoms with Crippen LogP contribution in [0.25, 0.3) is 0 Å². The second-order valence-corrected chi connectivity index (χ2v) is 5.68. The lowest BCUT2D eigenvalue weighted by Gasteiger charge is -2.11. The van der Waals surface area contributed by atoms with E-state index in [1.807, 2.05) is 32.0 Å². The van der Waals surface area contributed by atoms with Crippen LogP contribution in [0.1, 0.15) is 11.1 Å². The molecule has 2 rings (SSSR count). The highest BCUT2D eigenvalue weighted by Gasteiger charge is 2.10. The topological polar surface area (TPSA) is 48.1 Å². The number of nitrogens with two attached hydrogens (primary N) is 1. The number of nitrogen functional groups attached to an aromatic ring is 1. The van der Waals surface area contributed by atoms with Gasteiger partial charge in [-0.1, -0.05) is 15.9 Å². The van der Waals surface area contributed by atoms with Crippen molar-refractivity contribution in [1.29, 1.82) is 0 Å². The van der Waals surface area contributed by atoms with Gasteiger partial charge in [-0.05, 0) is 59.1 Å². The minimum atomic E-state index is 0.520. The van der Waals surface area contributed by atoms with E-state index >= 15 is 0 Å². The van der Waals surface area contributed by atoms with Gasteiger partial charge >= 0.3 is 0 Å². The Bertz CT molecular complexity index is 600. The maximum atomic E-state index is 5.80. The van der Waals surface area contributed by atoms with Crippen LogP contribution in [-0.2, 0) is 0 Å². The molecule has 0 unspecified atom stereocenters. The summed E-state index contributed by atoms with van der Waals surface area (Å²) in [5.74, 6) is 1.29. The van der Waals surface area contributed by atoms with Crippen LogP contribution in [0.5, 0.6) is 11.6 Å². The molecular weight excluding hydrogens is 360 g/mol. The minimum absolute atomic E-state index is 0.520. The number of ether oxygens (including phenoxy) is 1. The molecule has 5 heteroatoms. The van der Waals surface area contributed by atoms with Gasteiger partial charge in [-0.2, -0.15) is 0 Å². The van der Waals surface area contributed by atoms with Crippen LogP contribution < -0.4 is 10.5 Å². The summed E-state index contributed by atoms with van der Waals surface area (Å²) in [7, 11) is 0. The zero-order valence-corrected chi connectivity index (χ0v) is 13.2. The molecule has 1 aromatic carbocycles. The van der Waals surface area contributed by atoms with E-state index in [4.69, 9.17) is 10.5 Å². The number of rotatable bonds is 2. The molecule has 0 atom stereocenters. The first-order valence-corrected chi connectivity index (χ1v) is 6.92. The van der Waals surface area contributed by atoms with Crippen molar-refractivity contribution in [2.45, 2.75) is 13.8 Å². The normalized spacial score (nSPS) is 10.4. The number of aryl methyl sites for hydroxylation is 1. The van der Waals surface area contributed by atoms with Gasteiger partial charge in [0.15, 0.2) is 0 Å². The number of benzene rings is 1. The second-order valence-electron chi connectivity index (χ2n) is 3.97. The molecule has 0 aliphatic rings. The fraction of sp³-hybridized carbons (Fsp3) is 0.154. The van der Waals surface area contributed by atoms with Crippen molar-refractivity contribution in [2.24, 2.45) is 0 Å². The van der Waals surface area contributed by atoms with Gasteiger partial charge in [-0.25, -0.2) is 4.98 Å². The van der Waals surface area contributed by atoms with E-state index in [2.05, 4.69) is 36.8 Å². The fourth-order valence-corrected chi connectivity index (χ4v) is 2.36. The molecule has 18 heavy (non-hydrogen) atoms. The van der Waals surface area contributed by atoms with Crippen LogP contribution in [-0.4, -0.2) is 4.98 Å². The summed E-state index contributed by atoms with van der Waals surface area (Å²) < 4.78 is 7.60. The van der Waals surface area contributed by atoms with Gasteiger partial charge in [0.05, 0.1) is 16.4 Å². The first-order chi connectivity index (χ1) is 8.49. The maximum Gasteiger partial charge on any atom is 0.234 e. The molecule has 1 heterocycles. The smallest absolute Gasteiger partial charge is 0.234 e. The summed E-state index contributed by atoms with van der Waals surface area (Å²) >= 11 is 6.87. The van der Waals surface area contributed by atoms with E-state index < -0.39 is 0 Å². The fourth-order valence-electron chi connectivity index (χ4n) is 1.47. The minimum Gasteiger partial charge on any atom is -0.438 e. The number of nitrogens with zero attached hydrogens (tertiary/aromatic N) is 1. The van der Waals surface area contributed by atoms with Crippen molar-refractivity contribution in [3.8, 4) is 11.6 Å². The average molecular weight is 372 g/mol. The van der Waals surface area contributed by atoms with Gasteiger partial charge in [-0.3, -0.25) is 0 Å². The van der Waals surface area contributed by atoms with Crippen molar-refractivity contribution in [1.82, 2.24) is 4.98 Å². The van der Waals surface area contributed by atoms with E-state index in [1.54, 1.807) is 6.20 Å². The van der Waals surface area contributed by atoms with E-state index in [0.29, 0.717) is 11.6 Å². The number of hydrogen-bond donors (Lipinski definition) is 1.